The van der Waals surface area contributed by atoms with Gasteiger partial charge in [-0.3, -0.25) is 9.20 Å². The first-order valence-corrected chi connectivity index (χ1v) is 9.10. The summed E-state index contributed by atoms with van der Waals surface area (Å²) in [6.45, 7) is 3.91. The third-order valence-corrected chi connectivity index (χ3v) is 4.83. The molecule has 3 aromatic heterocycles. The van der Waals surface area contributed by atoms with Gasteiger partial charge in [0.1, 0.15) is 5.65 Å². The van der Waals surface area contributed by atoms with Crippen LogP contribution in [0.15, 0.2) is 63.0 Å². The average Bonchev–Trinajstić information content (AvgIpc) is 3.09. The molecule has 1 aromatic carbocycles. The predicted molar refractivity (Wildman–Crippen MR) is 100 cm³/mol. The summed E-state index contributed by atoms with van der Waals surface area (Å²) in [5.41, 5.74) is 4.15. The number of thioether (sulfide) groups is 1. The first-order valence-electron chi connectivity index (χ1n) is 8.12. The second-order valence-corrected chi connectivity index (χ2v) is 6.90. The molecule has 0 aliphatic heterocycles. The Morgan fingerprint density at radius 2 is 1.88 bits per heavy atom. The summed E-state index contributed by atoms with van der Waals surface area (Å²) >= 11 is 1.36. The van der Waals surface area contributed by atoms with Crippen LogP contribution in [0.1, 0.15) is 17.0 Å². The SMILES string of the molecule is Cc1ccc(-c2nnc(SCc3cc(=O)n4c(C)cccc4n3)o2)cc1. The molecule has 4 rings (SSSR count). The van der Waals surface area contributed by atoms with Crippen LogP contribution < -0.4 is 5.56 Å². The summed E-state index contributed by atoms with van der Waals surface area (Å²) in [6, 6.07) is 15.0. The monoisotopic (exact) mass is 364 g/mol. The van der Waals surface area contributed by atoms with Crippen molar-refractivity contribution in [1.29, 1.82) is 0 Å². The van der Waals surface area contributed by atoms with Gasteiger partial charge in [-0.25, -0.2) is 4.98 Å². The summed E-state index contributed by atoms with van der Waals surface area (Å²) in [5, 5.41) is 8.60. The molecule has 0 saturated carbocycles. The Balaban J connectivity index is 1.54. The number of pyridine rings is 1. The Labute approximate surface area is 153 Å². The van der Waals surface area contributed by atoms with E-state index in [2.05, 4.69) is 15.2 Å². The van der Waals surface area contributed by atoms with Gasteiger partial charge in [-0.1, -0.05) is 35.5 Å². The smallest absolute Gasteiger partial charge is 0.277 e. The second-order valence-electron chi connectivity index (χ2n) is 5.97. The quantitative estimate of drug-likeness (QED) is 0.515. The van der Waals surface area contributed by atoms with E-state index in [1.807, 2.05) is 56.3 Å². The summed E-state index contributed by atoms with van der Waals surface area (Å²) < 4.78 is 7.29. The van der Waals surface area contributed by atoms with Crippen LogP contribution in [0.5, 0.6) is 0 Å². The van der Waals surface area contributed by atoms with Crippen molar-refractivity contribution in [2.24, 2.45) is 0 Å². The Bertz CT molecular complexity index is 1130. The number of rotatable bonds is 4. The molecule has 0 fully saturated rings. The lowest BCUT2D eigenvalue weighted by molar-refractivity contribution is 0.466. The van der Waals surface area contributed by atoms with Gasteiger partial charge < -0.3 is 4.42 Å². The maximum Gasteiger partial charge on any atom is 0.277 e. The molecule has 0 bridgehead atoms. The Morgan fingerprint density at radius 3 is 2.69 bits per heavy atom. The molecule has 0 aliphatic carbocycles. The van der Waals surface area contributed by atoms with Crippen molar-refractivity contribution in [3.8, 4) is 11.5 Å². The topological polar surface area (TPSA) is 73.3 Å². The van der Waals surface area contributed by atoms with Crippen molar-refractivity contribution in [2.45, 2.75) is 24.8 Å². The molecule has 3 heterocycles. The average molecular weight is 364 g/mol. The Hall–Kier alpha value is -2.93. The molecule has 26 heavy (non-hydrogen) atoms. The fourth-order valence-electron chi connectivity index (χ4n) is 2.65. The Kier molecular flexibility index (Phi) is 4.30. The van der Waals surface area contributed by atoms with Gasteiger partial charge in [-0.05, 0) is 38.1 Å². The zero-order valence-corrected chi connectivity index (χ0v) is 15.2. The summed E-state index contributed by atoms with van der Waals surface area (Å²) in [4.78, 5) is 16.8. The van der Waals surface area contributed by atoms with Crippen LogP contribution in [-0.4, -0.2) is 19.6 Å². The lowest BCUT2D eigenvalue weighted by Crippen LogP contribution is -2.17. The first-order chi connectivity index (χ1) is 12.6. The highest BCUT2D eigenvalue weighted by molar-refractivity contribution is 7.98. The molecule has 0 amide bonds. The highest BCUT2D eigenvalue weighted by atomic mass is 32.2. The molecular weight excluding hydrogens is 348 g/mol. The van der Waals surface area contributed by atoms with Crippen molar-refractivity contribution in [2.75, 3.05) is 0 Å². The number of aryl methyl sites for hydroxylation is 2. The predicted octanol–water partition coefficient (Wildman–Crippen LogP) is 3.65. The van der Waals surface area contributed by atoms with Crippen LogP contribution in [0.2, 0.25) is 0 Å². The number of aromatic nitrogens is 4. The van der Waals surface area contributed by atoms with Crippen molar-refractivity contribution in [1.82, 2.24) is 19.6 Å². The fourth-order valence-corrected chi connectivity index (χ4v) is 3.31. The van der Waals surface area contributed by atoms with Gasteiger partial charge in [0.2, 0.25) is 5.89 Å². The van der Waals surface area contributed by atoms with Gasteiger partial charge in [0, 0.05) is 23.1 Å². The van der Waals surface area contributed by atoms with E-state index in [4.69, 9.17) is 4.42 Å². The fraction of sp³-hybridized carbons (Fsp3) is 0.158. The molecule has 0 N–H and O–H groups in total. The maximum atomic E-state index is 12.3. The normalized spacial score (nSPS) is 11.2. The first kappa shape index (κ1) is 16.5. The molecule has 0 spiro atoms. The third kappa shape index (κ3) is 3.25. The van der Waals surface area contributed by atoms with Crippen LogP contribution in [0.4, 0.5) is 0 Å². The molecule has 0 unspecified atom stereocenters. The highest BCUT2D eigenvalue weighted by Gasteiger charge is 2.11. The van der Waals surface area contributed by atoms with Gasteiger partial charge in [0.25, 0.3) is 10.8 Å². The summed E-state index contributed by atoms with van der Waals surface area (Å²) in [6.07, 6.45) is 0. The van der Waals surface area contributed by atoms with Gasteiger partial charge in [0.15, 0.2) is 0 Å². The molecule has 0 atom stereocenters. The zero-order valence-electron chi connectivity index (χ0n) is 14.3. The van der Waals surface area contributed by atoms with Gasteiger partial charge in [-0.15, -0.1) is 10.2 Å². The number of fused-ring (bicyclic) bond motifs is 1. The largest absolute Gasteiger partial charge is 0.411 e. The molecule has 4 aromatic rings. The van der Waals surface area contributed by atoms with Crippen LogP contribution in [0.3, 0.4) is 0 Å². The van der Waals surface area contributed by atoms with E-state index in [1.165, 1.54) is 17.3 Å². The number of hydrogen-bond donors (Lipinski definition) is 0. The van der Waals surface area contributed by atoms with E-state index in [0.717, 1.165) is 11.3 Å². The summed E-state index contributed by atoms with van der Waals surface area (Å²) in [7, 11) is 0. The number of hydrogen-bond acceptors (Lipinski definition) is 6. The molecular formula is C19H16N4O2S. The number of nitrogens with zero attached hydrogens (tertiary/aromatic N) is 4. The highest BCUT2D eigenvalue weighted by Crippen LogP contribution is 2.25. The van der Waals surface area contributed by atoms with Gasteiger partial charge in [0.05, 0.1) is 5.69 Å². The van der Waals surface area contributed by atoms with Crippen LogP contribution in [0, 0.1) is 13.8 Å². The minimum absolute atomic E-state index is 0.0884. The molecule has 6 nitrogen and oxygen atoms in total. The van der Waals surface area contributed by atoms with E-state index in [-0.39, 0.29) is 5.56 Å². The lowest BCUT2D eigenvalue weighted by atomic mass is 10.1. The van der Waals surface area contributed by atoms with E-state index < -0.39 is 0 Å². The van der Waals surface area contributed by atoms with Gasteiger partial charge in [-0.2, -0.15) is 0 Å². The minimum atomic E-state index is -0.0884. The van der Waals surface area contributed by atoms with E-state index in [1.54, 1.807) is 10.5 Å². The molecule has 130 valence electrons. The standard InChI is InChI=1S/C19H16N4O2S/c1-12-6-8-14(9-7-12)18-21-22-19(25-18)26-11-15-10-17(24)23-13(2)4-3-5-16(23)20-15/h3-10H,11H2,1-2H3. The van der Waals surface area contributed by atoms with Crippen molar-refractivity contribution in [3.05, 3.63) is 75.8 Å². The molecule has 0 saturated heterocycles. The Morgan fingerprint density at radius 1 is 1.08 bits per heavy atom. The molecule has 7 heteroatoms. The van der Waals surface area contributed by atoms with E-state index in [0.29, 0.717) is 28.2 Å². The van der Waals surface area contributed by atoms with E-state index >= 15 is 0 Å². The van der Waals surface area contributed by atoms with Crippen molar-refractivity contribution in [3.63, 3.8) is 0 Å². The van der Waals surface area contributed by atoms with Crippen molar-refractivity contribution < 1.29 is 4.42 Å². The third-order valence-electron chi connectivity index (χ3n) is 3.98. The van der Waals surface area contributed by atoms with Crippen LogP contribution >= 0.6 is 11.8 Å². The number of benzene rings is 1. The van der Waals surface area contributed by atoms with E-state index in [9.17, 15) is 4.79 Å². The van der Waals surface area contributed by atoms with Crippen LogP contribution in [0.25, 0.3) is 17.1 Å². The zero-order chi connectivity index (χ0) is 18.1. The second kappa shape index (κ2) is 6.76. The molecule has 0 aliphatic rings. The van der Waals surface area contributed by atoms with Crippen LogP contribution in [-0.2, 0) is 5.75 Å². The van der Waals surface area contributed by atoms with Gasteiger partial charge >= 0.3 is 0 Å². The lowest BCUT2D eigenvalue weighted by Gasteiger charge is -2.05. The summed E-state index contributed by atoms with van der Waals surface area (Å²) in [5.74, 6) is 0.963. The minimum Gasteiger partial charge on any atom is -0.411 e. The van der Waals surface area contributed by atoms with Crippen molar-refractivity contribution >= 4 is 17.4 Å². The molecule has 0 radical (unpaired) electrons. The maximum absolute atomic E-state index is 12.3.